The van der Waals surface area contributed by atoms with Crippen molar-refractivity contribution in [3.63, 3.8) is 0 Å². The van der Waals surface area contributed by atoms with Crippen molar-refractivity contribution in [2.24, 2.45) is 0 Å². The summed E-state index contributed by atoms with van der Waals surface area (Å²) in [7, 11) is 0. The van der Waals surface area contributed by atoms with E-state index in [9.17, 15) is 13.2 Å². The second kappa shape index (κ2) is 6.12. The third-order valence-electron chi connectivity index (χ3n) is 4.10. The van der Waals surface area contributed by atoms with Crippen LogP contribution in [0.3, 0.4) is 0 Å². The van der Waals surface area contributed by atoms with Gasteiger partial charge in [0.25, 0.3) is 0 Å². The van der Waals surface area contributed by atoms with E-state index in [4.69, 9.17) is 0 Å². The Kier molecular flexibility index (Phi) is 4.20. The summed E-state index contributed by atoms with van der Waals surface area (Å²) < 4.78 is 39.7. The standard InChI is InChI=1S/C16H18F3N3/c17-16(18,19)10-12-4-1-2-5-13(12)11-20-14-8-15(9-14)22-7-3-6-21-22/h1-7,14-15,20H,8-11H2. The molecule has 3 rings (SSSR count). The van der Waals surface area contributed by atoms with Crippen molar-refractivity contribution in [1.82, 2.24) is 15.1 Å². The van der Waals surface area contributed by atoms with Crippen LogP contribution in [0.25, 0.3) is 0 Å². The molecule has 1 heterocycles. The van der Waals surface area contributed by atoms with Crippen LogP contribution in [0.5, 0.6) is 0 Å². The molecule has 0 aliphatic heterocycles. The number of alkyl halides is 3. The van der Waals surface area contributed by atoms with Crippen LogP contribution in [-0.2, 0) is 13.0 Å². The third kappa shape index (κ3) is 3.68. The Balaban J connectivity index is 1.52. The molecule has 0 radical (unpaired) electrons. The van der Waals surface area contributed by atoms with Crippen molar-refractivity contribution < 1.29 is 13.2 Å². The van der Waals surface area contributed by atoms with Gasteiger partial charge in [-0.05, 0) is 30.0 Å². The molecular weight excluding hydrogens is 291 g/mol. The highest BCUT2D eigenvalue weighted by atomic mass is 19.4. The number of nitrogens with one attached hydrogen (secondary N) is 1. The van der Waals surface area contributed by atoms with Gasteiger partial charge in [-0.2, -0.15) is 18.3 Å². The molecular formula is C16H18F3N3. The van der Waals surface area contributed by atoms with E-state index in [1.54, 1.807) is 30.5 Å². The Morgan fingerprint density at radius 2 is 1.86 bits per heavy atom. The van der Waals surface area contributed by atoms with Crippen LogP contribution in [0.4, 0.5) is 13.2 Å². The Morgan fingerprint density at radius 3 is 2.50 bits per heavy atom. The van der Waals surface area contributed by atoms with Gasteiger partial charge in [-0.1, -0.05) is 24.3 Å². The number of hydrogen-bond donors (Lipinski definition) is 1. The lowest BCUT2D eigenvalue weighted by atomic mass is 9.86. The van der Waals surface area contributed by atoms with Gasteiger partial charge in [0.2, 0.25) is 0 Å². The number of benzene rings is 1. The quantitative estimate of drug-likeness (QED) is 0.916. The van der Waals surface area contributed by atoms with Crippen molar-refractivity contribution in [3.05, 3.63) is 53.9 Å². The minimum Gasteiger partial charge on any atom is -0.310 e. The zero-order valence-corrected chi connectivity index (χ0v) is 12.1. The fourth-order valence-corrected chi connectivity index (χ4v) is 2.84. The van der Waals surface area contributed by atoms with E-state index < -0.39 is 12.6 Å². The molecule has 1 aromatic heterocycles. The Labute approximate surface area is 127 Å². The van der Waals surface area contributed by atoms with Crippen LogP contribution in [0.2, 0.25) is 0 Å². The maximum absolute atomic E-state index is 12.6. The lowest BCUT2D eigenvalue weighted by Crippen LogP contribution is -2.42. The fourth-order valence-electron chi connectivity index (χ4n) is 2.84. The molecule has 2 aromatic rings. The van der Waals surface area contributed by atoms with E-state index in [1.165, 1.54) is 0 Å². The topological polar surface area (TPSA) is 29.9 Å². The zero-order valence-electron chi connectivity index (χ0n) is 12.1. The van der Waals surface area contributed by atoms with Crippen LogP contribution in [-0.4, -0.2) is 22.0 Å². The summed E-state index contributed by atoms with van der Waals surface area (Å²) in [5, 5.41) is 7.55. The lowest BCUT2D eigenvalue weighted by Gasteiger charge is -2.36. The van der Waals surface area contributed by atoms with E-state index in [0.29, 0.717) is 24.2 Å². The molecule has 1 N–H and O–H groups in total. The van der Waals surface area contributed by atoms with Gasteiger partial charge in [-0.3, -0.25) is 4.68 Å². The van der Waals surface area contributed by atoms with Crippen molar-refractivity contribution >= 4 is 0 Å². The van der Waals surface area contributed by atoms with E-state index in [-0.39, 0.29) is 0 Å². The first-order valence-corrected chi connectivity index (χ1v) is 7.37. The summed E-state index contributed by atoms with van der Waals surface area (Å²) in [6, 6.07) is 9.39. The molecule has 22 heavy (non-hydrogen) atoms. The van der Waals surface area contributed by atoms with Crippen LogP contribution < -0.4 is 5.32 Å². The highest BCUT2D eigenvalue weighted by molar-refractivity contribution is 5.28. The summed E-state index contributed by atoms with van der Waals surface area (Å²) in [5.74, 6) is 0. The molecule has 0 amide bonds. The molecule has 0 spiro atoms. The Bertz CT molecular complexity index is 601. The average Bonchev–Trinajstić information content (AvgIpc) is 2.90. The average molecular weight is 309 g/mol. The van der Waals surface area contributed by atoms with Gasteiger partial charge in [0.15, 0.2) is 0 Å². The molecule has 1 saturated carbocycles. The molecule has 0 bridgehead atoms. The predicted octanol–water partition coefficient (Wildman–Crippen LogP) is 3.48. The lowest BCUT2D eigenvalue weighted by molar-refractivity contribution is -0.127. The molecule has 0 saturated heterocycles. The predicted molar refractivity (Wildman–Crippen MR) is 77.3 cm³/mol. The Morgan fingerprint density at radius 1 is 1.14 bits per heavy atom. The van der Waals surface area contributed by atoms with Crippen molar-refractivity contribution in [3.8, 4) is 0 Å². The molecule has 1 aromatic carbocycles. The molecule has 1 aliphatic carbocycles. The molecule has 6 heteroatoms. The number of rotatable bonds is 5. The molecule has 3 nitrogen and oxygen atoms in total. The smallest absolute Gasteiger partial charge is 0.310 e. The van der Waals surface area contributed by atoms with E-state index in [2.05, 4.69) is 10.4 Å². The third-order valence-corrected chi connectivity index (χ3v) is 4.10. The Hall–Kier alpha value is -1.82. The maximum Gasteiger partial charge on any atom is 0.393 e. The van der Waals surface area contributed by atoms with Gasteiger partial charge in [0, 0.05) is 25.0 Å². The molecule has 1 aliphatic rings. The van der Waals surface area contributed by atoms with Gasteiger partial charge in [0.1, 0.15) is 0 Å². The first kappa shape index (κ1) is 15.1. The minimum atomic E-state index is -4.17. The van der Waals surface area contributed by atoms with Crippen LogP contribution >= 0.6 is 0 Å². The van der Waals surface area contributed by atoms with Gasteiger partial charge in [-0.25, -0.2) is 0 Å². The molecule has 1 fully saturated rings. The summed E-state index contributed by atoms with van der Waals surface area (Å²) in [6.45, 7) is 0.475. The van der Waals surface area contributed by atoms with Crippen molar-refractivity contribution in [2.75, 3.05) is 0 Å². The summed E-state index contributed by atoms with van der Waals surface area (Å²) in [5.41, 5.74) is 1.08. The first-order chi connectivity index (χ1) is 10.5. The molecule has 0 atom stereocenters. The first-order valence-electron chi connectivity index (χ1n) is 7.37. The zero-order chi connectivity index (χ0) is 15.6. The number of nitrogens with zero attached hydrogens (tertiary/aromatic N) is 2. The van der Waals surface area contributed by atoms with E-state index >= 15 is 0 Å². The minimum absolute atomic E-state index is 0.341. The summed E-state index contributed by atoms with van der Waals surface area (Å²) >= 11 is 0. The largest absolute Gasteiger partial charge is 0.393 e. The molecule has 118 valence electrons. The van der Waals surface area contributed by atoms with Crippen molar-refractivity contribution in [1.29, 1.82) is 0 Å². The summed E-state index contributed by atoms with van der Waals surface area (Å²) in [4.78, 5) is 0. The SMILES string of the molecule is FC(F)(F)Cc1ccccc1CNC1CC(n2cccn2)C1. The number of aromatic nitrogens is 2. The highest BCUT2D eigenvalue weighted by Gasteiger charge is 2.31. The van der Waals surface area contributed by atoms with Crippen LogP contribution in [0, 0.1) is 0 Å². The number of halogens is 3. The fraction of sp³-hybridized carbons (Fsp3) is 0.438. The normalized spacial score (nSPS) is 21.6. The molecule has 0 unspecified atom stereocenters. The van der Waals surface area contributed by atoms with Crippen LogP contribution in [0.15, 0.2) is 42.7 Å². The van der Waals surface area contributed by atoms with Gasteiger partial charge >= 0.3 is 6.18 Å². The van der Waals surface area contributed by atoms with E-state index in [0.717, 1.165) is 18.4 Å². The monoisotopic (exact) mass is 309 g/mol. The van der Waals surface area contributed by atoms with Gasteiger partial charge in [-0.15, -0.1) is 0 Å². The van der Waals surface area contributed by atoms with E-state index in [1.807, 2.05) is 16.9 Å². The van der Waals surface area contributed by atoms with Gasteiger partial charge in [0.05, 0.1) is 12.5 Å². The van der Waals surface area contributed by atoms with Gasteiger partial charge < -0.3 is 5.32 Å². The highest BCUT2D eigenvalue weighted by Crippen LogP contribution is 2.32. The van der Waals surface area contributed by atoms with Crippen molar-refractivity contribution in [2.45, 2.75) is 44.1 Å². The maximum atomic E-state index is 12.6. The number of hydrogen-bond acceptors (Lipinski definition) is 2. The van der Waals surface area contributed by atoms with Crippen LogP contribution in [0.1, 0.15) is 30.0 Å². The summed E-state index contributed by atoms with van der Waals surface area (Å²) in [6.07, 6.45) is 0.586. The second-order valence-electron chi connectivity index (χ2n) is 5.75. The second-order valence-corrected chi connectivity index (χ2v) is 5.75.